The zero-order valence-electron chi connectivity index (χ0n) is 10.9. The van der Waals surface area contributed by atoms with Crippen molar-refractivity contribution in [3.8, 4) is 0 Å². The van der Waals surface area contributed by atoms with Gasteiger partial charge in [-0.3, -0.25) is 0 Å². The summed E-state index contributed by atoms with van der Waals surface area (Å²) in [5.41, 5.74) is 0.115. The van der Waals surface area contributed by atoms with E-state index in [1.807, 2.05) is 0 Å². The monoisotopic (exact) mass is 317 g/mol. The van der Waals surface area contributed by atoms with E-state index in [1.54, 1.807) is 33.8 Å². The number of carbonyl (C=O) groups is 1. The van der Waals surface area contributed by atoms with E-state index in [0.29, 0.717) is 5.56 Å². The van der Waals surface area contributed by atoms with Gasteiger partial charge in [0.1, 0.15) is 11.4 Å². The predicted octanol–water partition coefficient (Wildman–Crippen LogP) is 4.17. The number of hydrogen-bond donors (Lipinski definition) is 1. The molecule has 100 valence electrons. The summed E-state index contributed by atoms with van der Waals surface area (Å²) in [5.74, 6) is -0.342. The van der Waals surface area contributed by atoms with Crippen molar-refractivity contribution in [1.82, 2.24) is 5.32 Å². The Balaban J connectivity index is 2.73. The van der Waals surface area contributed by atoms with E-state index < -0.39 is 11.7 Å². The molecule has 1 N–H and O–H groups in total. The first-order chi connectivity index (χ1) is 8.19. The van der Waals surface area contributed by atoms with Crippen LogP contribution in [0.1, 0.15) is 39.3 Å². The Labute approximate surface area is 115 Å². The highest BCUT2D eigenvalue weighted by Crippen LogP contribution is 2.24. The molecule has 0 heterocycles. The highest BCUT2D eigenvalue weighted by Gasteiger charge is 2.19. The van der Waals surface area contributed by atoms with E-state index >= 15 is 0 Å². The molecule has 0 radical (unpaired) electrons. The molecule has 0 aliphatic rings. The number of alkyl carbamates (subject to hydrolysis) is 1. The second-order valence-corrected chi connectivity index (χ2v) is 5.89. The third-order valence-corrected chi connectivity index (χ3v) is 2.88. The van der Waals surface area contributed by atoms with Crippen LogP contribution < -0.4 is 5.32 Å². The standard InChI is InChI=1S/C13H17BrFNO2/c1-8(16-12(17)18-13(2,3)4)10-7-9(15)5-6-11(10)14/h5-8H,1-4H3,(H,16,17)/t8-/m1/s1. The molecule has 0 aromatic heterocycles. The summed E-state index contributed by atoms with van der Waals surface area (Å²) < 4.78 is 19.0. The van der Waals surface area contributed by atoms with Gasteiger partial charge in [0.25, 0.3) is 0 Å². The molecule has 3 nitrogen and oxygen atoms in total. The van der Waals surface area contributed by atoms with Crippen LogP contribution in [0, 0.1) is 5.82 Å². The van der Waals surface area contributed by atoms with Crippen LogP contribution in [0.4, 0.5) is 9.18 Å². The van der Waals surface area contributed by atoms with Gasteiger partial charge in [-0.25, -0.2) is 9.18 Å². The number of ether oxygens (including phenoxy) is 1. The largest absolute Gasteiger partial charge is 0.444 e. The fourth-order valence-electron chi connectivity index (χ4n) is 1.41. The van der Waals surface area contributed by atoms with Gasteiger partial charge >= 0.3 is 6.09 Å². The summed E-state index contributed by atoms with van der Waals surface area (Å²) in [6, 6.07) is 4.00. The van der Waals surface area contributed by atoms with Gasteiger partial charge < -0.3 is 10.1 Å². The van der Waals surface area contributed by atoms with Gasteiger partial charge in [0, 0.05) is 4.47 Å². The molecule has 0 saturated carbocycles. The van der Waals surface area contributed by atoms with Gasteiger partial charge in [-0.2, -0.15) is 0 Å². The van der Waals surface area contributed by atoms with Crippen molar-refractivity contribution in [2.45, 2.75) is 39.3 Å². The average molecular weight is 318 g/mol. The Kier molecular flexibility index (Phi) is 4.73. The Bertz CT molecular complexity index is 443. The maximum absolute atomic E-state index is 13.2. The molecule has 0 aliphatic heterocycles. The van der Waals surface area contributed by atoms with E-state index in [2.05, 4.69) is 21.2 Å². The van der Waals surface area contributed by atoms with Crippen LogP contribution in [0.25, 0.3) is 0 Å². The van der Waals surface area contributed by atoms with Crippen molar-refractivity contribution in [2.75, 3.05) is 0 Å². The van der Waals surface area contributed by atoms with Crippen molar-refractivity contribution in [1.29, 1.82) is 0 Å². The summed E-state index contributed by atoms with van der Waals surface area (Å²) >= 11 is 3.32. The minimum atomic E-state index is -0.553. The van der Waals surface area contributed by atoms with Crippen molar-refractivity contribution in [2.24, 2.45) is 0 Å². The Hall–Kier alpha value is -1.10. The lowest BCUT2D eigenvalue weighted by Crippen LogP contribution is -2.34. The molecule has 18 heavy (non-hydrogen) atoms. The number of hydrogen-bond acceptors (Lipinski definition) is 2. The molecule has 0 saturated heterocycles. The summed E-state index contributed by atoms with van der Waals surface area (Å²) in [5, 5.41) is 2.66. The molecule has 0 unspecified atom stereocenters. The number of halogens is 2. The molecular formula is C13H17BrFNO2. The fourth-order valence-corrected chi connectivity index (χ4v) is 2.00. The van der Waals surface area contributed by atoms with Crippen LogP contribution in [0.5, 0.6) is 0 Å². The molecule has 1 aromatic rings. The van der Waals surface area contributed by atoms with Crippen LogP contribution >= 0.6 is 15.9 Å². The molecule has 0 spiro atoms. The second-order valence-electron chi connectivity index (χ2n) is 5.03. The average Bonchev–Trinajstić information content (AvgIpc) is 2.18. The van der Waals surface area contributed by atoms with Crippen molar-refractivity contribution >= 4 is 22.0 Å². The smallest absolute Gasteiger partial charge is 0.408 e. The molecule has 0 bridgehead atoms. The zero-order valence-corrected chi connectivity index (χ0v) is 12.5. The Morgan fingerprint density at radius 1 is 1.44 bits per heavy atom. The summed E-state index contributed by atoms with van der Waals surface area (Å²) in [6.45, 7) is 7.13. The lowest BCUT2D eigenvalue weighted by Gasteiger charge is -2.22. The Morgan fingerprint density at radius 3 is 2.61 bits per heavy atom. The maximum atomic E-state index is 13.2. The van der Waals surface area contributed by atoms with E-state index in [1.165, 1.54) is 12.1 Å². The first-order valence-corrected chi connectivity index (χ1v) is 6.43. The number of amides is 1. The van der Waals surface area contributed by atoms with E-state index in [4.69, 9.17) is 4.74 Å². The third kappa shape index (κ3) is 4.64. The fraction of sp³-hybridized carbons (Fsp3) is 0.462. The highest BCUT2D eigenvalue weighted by molar-refractivity contribution is 9.10. The first kappa shape index (κ1) is 15.0. The van der Waals surface area contributed by atoms with Crippen LogP contribution in [0.2, 0.25) is 0 Å². The van der Waals surface area contributed by atoms with Gasteiger partial charge in [-0.15, -0.1) is 0 Å². The lowest BCUT2D eigenvalue weighted by molar-refractivity contribution is 0.0507. The summed E-state index contributed by atoms with van der Waals surface area (Å²) in [7, 11) is 0. The van der Waals surface area contributed by atoms with Crippen LogP contribution in [0.15, 0.2) is 22.7 Å². The minimum absolute atomic E-state index is 0.342. The number of benzene rings is 1. The Morgan fingerprint density at radius 2 is 2.06 bits per heavy atom. The SMILES string of the molecule is C[C@@H](NC(=O)OC(C)(C)C)c1cc(F)ccc1Br. The van der Waals surface area contributed by atoms with E-state index in [9.17, 15) is 9.18 Å². The lowest BCUT2D eigenvalue weighted by atomic mass is 10.1. The molecular weight excluding hydrogens is 301 g/mol. The van der Waals surface area contributed by atoms with E-state index in [0.717, 1.165) is 4.47 Å². The third-order valence-electron chi connectivity index (χ3n) is 2.16. The van der Waals surface area contributed by atoms with Crippen molar-refractivity contribution in [3.63, 3.8) is 0 Å². The number of nitrogens with one attached hydrogen (secondary N) is 1. The second kappa shape index (κ2) is 5.69. The van der Waals surface area contributed by atoms with Crippen molar-refractivity contribution in [3.05, 3.63) is 34.1 Å². The van der Waals surface area contributed by atoms with Crippen LogP contribution in [-0.2, 0) is 4.74 Å². The summed E-state index contributed by atoms with van der Waals surface area (Å²) in [6.07, 6.45) is -0.522. The first-order valence-electron chi connectivity index (χ1n) is 5.63. The number of carbonyl (C=O) groups excluding carboxylic acids is 1. The molecule has 1 aromatic carbocycles. The molecule has 0 fully saturated rings. The highest BCUT2D eigenvalue weighted by atomic mass is 79.9. The van der Waals surface area contributed by atoms with Crippen molar-refractivity contribution < 1.29 is 13.9 Å². The number of rotatable bonds is 2. The summed E-state index contributed by atoms with van der Waals surface area (Å²) in [4.78, 5) is 11.6. The molecule has 1 amide bonds. The van der Waals surface area contributed by atoms with Gasteiger partial charge in [0.05, 0.1) is 6.04 Å². The molecule has 1 rings (SSSR count). The molecule has 0 aliphatic carbocycles. The van der Waals surface area contributed by atoms with Gasteiger partial charge in [-0.1, -0.05) is 15.9 Å². The predicted molar refractivity (Wildman–Crippen MR) is 71.9 cm³/mol. The van der Waals surface area contributed by atoms with Gasteiger partial charge in [0.15, 0.2) is 0 Å². The quantitative estimate of drug-likeness (QED) is 0.888. The maximum Gasteiger partial charge on any atom is 0.408 e. The zero-order chi connectivity index (χ0) is 13.9. The molecule has 1 atom stereocenters. The van der Waals surface area contributed by atoms with Gasteiger partial charge in [0.2, 0.25) is 0 Å². The minimum Gasteiger partial charge on any atom is -0.444 e. The normalized spacial score (nSPS) is 13.0. The van der Waals surface area contributed by atoms with Crippen LogP contribution in [0.3, 0.4) is 0 Å². The molecule has 5 heteroatoms. The topological polar surface area (TPSA) is 38.3 Å². The van der Waals surface area contributed by atoms with E-state index in [-0.39, 0.29) is 11.9 Å². The van der Waals surface area contributed by atoms with Crippen LogP contribution in [-0.4, -0.2) is 11.7 Å². The van der Waals surface area contributed by atoms with Gasteiger partial charge in [-0.05, 0) is 51.5 Å².